The minimum Gasteiger partial charge on any atom is -0.329 e. The minimum atomic E-state index is 0.172. The van der Waals surface area contributed by atoms with Crippen molar-refractivity contribution in [2.45, 2.75) is 31.3 Å². The molecule has 2 rings (SSSR count). The van der Waals surface area contributed by atoms with Gasteiger partial charge in [0.25, 0.3) is 0 Å². The second kappa shape index (κ2) is 5.70. The first kappa shape index (κ1) is 14.0. The van der Waals surface area contributed by atoms with Crippen LogP contribution in [0.3, 0.4) is 0 Å². The molecule has 1 aliphatic heterocycles. The molecule has 102 valence electrons. The van der Waals surface area contributed by atoms with Crippen LogP contribution in [0.2, 0.25) is 0 Å². The summed E-state index contributed by atoms with van der Waals surface area (Å²) in [5, 5.41) is 2.16. The van der Waals surface area contributed by atoms with E-state index in [1.54, 1.807) is 0 Å². The van der Waals surface area contributed by atoms with Crippen LogP contribution in [-0.4, -0.2) is 55.1 Å². The molecule has 0 radical (unpaired) electrons. The molecular formula is C14H25N3S. The molecule has 1 aromatic rings. The monoisotopic (exact) mass is 267 g/mol. The Bertz CT molecular complexity index is 365. The lowest BCUT2D eigenvalue weighted by molar-refractivity contribution is 0.0925. The van der Waals surface area contributed by atoms with Gasteiger partial charge in [-0.25, -0.2) is 0 Å². The van der Waals surface area contributed by atoms with Crippen LogP contribution in [0.5, 0.6) is 0 Å². The average Bonchev–Trinajstić information content (AvgIpc) is 2.98. The van der Waals surface area contributed by atoms with E-state index in [0.29, 0.717) is 6.04 Å². The second-order valence-corrected chi connectivity index (χ2v) is 6.69. The van der Waals surface area contributed by atoms with Crippen LogP contribution in [0.1, 0.15) is 18.2 Å². The van der Waals surface area contributed by atoms with Gasteiger partial charge in [0.05, 0.1) is 0 Å². The number of nitrogens with zero attached hydrogens (tertiary/aromatic N) is 2. The van der Waals surface area contributed by atoms with Gasteiger partial charge in [-0.1, -0.05) is 6.07 Å². The third kappa shape index (κ3) is 2.77. The summed E-state index contributed by atoms with van der Waals surface area (Å²) < 4.78 is 0. The Morgan fingerprint density at radius 1 is 1.61 bits per heavy atom. The van der Waals surface area contributed by atoms with Gasteiger partial charge in [-0.2, -0.15) is 0 Å². The van der Waals surface area contributed by atoms with E-state index in [4.69, 9.17) is 5.73 Å². The normalized spacial score (nSPS) is 26.9. The minimum absolute atomic E-state index is 0.172. The van der Waals surface area contributed by atoms with Crippen LogP contribution >= 0.6 is 11.3 Å². The quantitative estimate of drug-likeness (QED) is 0.880. The number of hydrogen-bond acceptors (Lipinski definition) is 4. The molecule has 1 saturated heterocycles. The molecule has 0 amide bonds. The fourth-order valence-corrected chi connectivity index (χ4v) is 3.81. The summed E-state index contributed by atoms with van der Waals surface area (Å²) in [6.07, 6.45) is 2.31. The summed E-state index contributed by atoms with van der Waals surface area (Å²) in [7, 11) is 4.43. The Labute approximate surface area is 115 Å². The van der Waals surface area contributed by atoms with E-state index in [-0.39, 0.29) is 5.54 Å². The lowest BCUT2D eigenvalue weighted by Gasteiger charge is -2.41. The van der Waals surface area contributed by atoms with Gasteiger partial charge < -0.3 is 10.6 Å². The van der Waals surface area contributed by atoms with Crippen molar-refractivity contribution in [3.05, 3.63) is 22.4 Å². The molecule has 2 heterocycles. The molecular weight excluding hydrogens is 242 g/mol. The molecule has 18 heavy (non-hydrogen) atoms. The maximum absolute atomic E-state index is 6.08. The third-order valence-electron chi connectivity index (χ3n) is 4.39. The molecule has 1 aliphatic rings. The van der Waals surface area contributed by atoms with E-state index in [2.05, 4.69) is 48.3 Å². The summed E-state index contributed by atoms with van der Waals surface area (Å²) >= 11 is 1.85. The van der Waals surface area contributed by atoms with E-state index in [0.717, 1.165) is 26.1 Å². The highest BCUT2D eigenvalue weighted by Gasteiger charge is 2.40. The van der Waals surface area contributed by atoms with Crippen molar-refractivity contribution in [3.63, 3.8) is 0 Å². The summed E-state index contributed by atoms with van der Waals surface area (Å²) in [5.74, 6) is 0. The van der Waals surface area contributed by atoms with E-state index < -0.39 is 0 Å². The van der Waals surface area contributed by atoms with Gasteiger partial charge >= 0.3 is 0 Å². The number of thiophene rings is 1. The lowest BCUT2D eigenvalue weighted by Crippen LogP contribution is -2.57. The summed E-state index contributed by atoms with van der Waals surface area (Å²) in [5.41, 5.74) is 6.25. The zero-order valence-electron chi connectivity index (χ0n) is 11.7. The molecule has 2 unspecified atom stereocenters. The molecule has 0 bridgehead atoms. The number of rotatable bonds is 5. The molecule has 0 saturated carbocycles. The van der Waals surface area contributed by atoms with Crippen LogP contribution in [0.4, 0.5) is 0 Å². The van der Waals surface area contributed by atoms with Gasteiger partial charge in [0.2, 0.25) is 0 Å². The molecule has 2 atom stereocenters. The summed E-state index contributed by atoms with van der Waals surface area (Å²) in [4.78, 5) is 6.37. The predicted octanol–water partition coefficient (Wildman–Crippen LogP) is 1.64. The fraction of sp³-hybridized carbons (Fsp3) is 0.714. The van der Waals surface area contributed by atoms with Crippen molar-refractivity contribution < 1.29 is 0 Å². The summed E-state index contributed by atoms with van der Waals surface area (Å²) in [6.45, 7) is 5.32. The van der Waals surface area contributed by atoms with Crippen LogP contribution in [0, 0.1) is 0 Å². The van der Waals surface area contributed by atoms with Crippen LogP contribution in [-0.2, 0) is 6.42 Å². The maximum Gasteiger partial charge on any atom is 0.0470 e. The third-order valence-corrected chi connectivity index (χ3v) is 5.29. The Kier molecular flexibility index (Phi) is 4.43. The van der Waals surface area contributed by atoms with E-state index >= 15 is 0 Å². The first-order valence-corrected chi connectivity index (χ1v) is 7.59. The molecule has 1 aromatic heterocycles. The first-order chi connectivity index (χ1) is 8.57. The average molecular weight is 267 g/mol. The molecule has 4 heteroatoms. The lowest BCUT2D eigenvalue weighted by atomic mass is 9.94. The highest BCUT2D eigenvalue weighted by Crippen LogP contribution is 2.28. The second-order valence-electron chi connectivity index (χ2n) is 5.66. The van der Waals surface area contributed by atoms with Gasteiger partial charge in [-0.05, 0) is 51.9 Å². The molecule has 1 fully saturated rings. The number of nitrogens with two attached hydrogens (primary N) is 1. The molecule has 0 aromatic carbocycles. The first-order valence-electron chi connectivity index (χ1n) is 6.71. The van der Waals surface area contributed by atoms with Crippen molar-refractivity contribution in [2.75, 3.05) is 33.7 Å². The number of likely N-dealkylation sites (N-methyl/N-ethyl adjacent to an activating group) is 2. The molecule has 3 nitrogen and oxygen atoms in total. The SMILES string of the molecule is CC(Cc1cccs1)N(C)C1(CN)CCN(C)C1. The topological polar surface area (TPSA) is 32.5 Å². The van der Waals surface area contributed by atoms with Gasteiger partial charge in [-0.3, -0.25) is 4.90 Å². The zero-order chi connectivity index (χ0) is 13.2. The van der Waals surface area contributed by atoms with Crippen molar-refractivity contribution in [2.24, 2.45) is 5.73 Å². The van der Waals surface area contributed by atoms with Crippen molar-refractivity contribution >= 4 is 11.3 Å². The van der Waals surface area contributed by atoms with Crippen LogP contribution < -0.4 is 5.73 Å². The Balaban J connectivity index is 2.02. The maximum atomic E-state index is 6.08. The van der Waals surface area contributed by atoms with Gasteiger partial charge in [0, 0.05) is 29.5 Å². The van der Waals surface area contributed by atoms with Crippen molar-refractivity contribution in [1.82, 2.24) is 9.80 Å². The zero-order valence-corrected chi connectivity index (χ0v) is 12.5. The van der Waals surface area contributed by atoms with Crippen LogP contribution in [0.15, 0.2) is 17.5 Å². The highest BCUT2D eigenvalue weighted by molar-refractivity contribution is 7.09. The van der Waals surface area contributed by atoms with E-state index in [9.17, 15) is 0 Å². The number of hydrogen-bond donors (Lipinski definition) is 1. The van der Waals surface area contributed by atoms with Crippen LogP contribution in [0.25, 0.3) is 0 Å². The van der Waals surface area contributed by atoms with Gasteiger partial charge in [-0.15, -0.1) is 11.3 Å². The molecule has 0 aliphatic carbocycles. The fourth-order valence-electron chi connectivity index (χ4n) is 2.98. The summed E-state index contributed by atoms with van der Waals surface area (Å²) in [6, 6.07) is 4.90. The van der Waals surface area contributed by atoms with Gasteiger partial charge in [0.1, 0.15) is 0 Å². The Hall–Kier alpha value is -0.420. The van der Waals surface area contributed by atoms with Crippen molar-refractivity contribution in [1.29, 1.82) is 0 Å². The van der Waals surface area contributed by atoms with E-state index in [1.807, 2.05) is 11.3 Å². The van der Waals surface area contributed by atoms with Gasteiger partial charge in [0.15, 0.2) is 0 Å². The number of likely N-dealkylation sites (tertiary alicyclic amines) is 1. The molecule has 0 spiro atoms. The molecule has 2 N–H and O–H groups in total. The smallest absolute Gasteiger partial charge is 0.0470 e. The Morgan fingerprint density at radius 3 is 2.89 bits per heavy atom. The largest absolute Gasteiger partial charge is 0.329 e. The standard InChI is InChI=1S/C14H25N3S/c1-12(9-13-5-4-8-18-13)17(3)14(10-15)6-7-16(2)11-14/h4-5,8,12H,6-7,9-11,15H2,1-3H3. The Morgan fingerprint density at radius 2 is 2.39 bits per heavy atom. The van der Waals surface area contributed by atoms with E-state index in [1.165, 1.54) is 11.3 Å². The predicted molar refractivity (Wildman–Crippen MR) is 79.1 cm³/mol. The highest BCUT2D eigenvalue weighted by atomic mass is 32.1. The van der Waals surface area contributed by atoms with Crippen molar-refractivity contribution in [3.8, 4) is 0 Å².